The van der Waals surface area contributed by atoms with Crippen LogP contribution in [0.3, 0.4) is 0 Å². The van der Waals surface area contributed by atoms with E-state index >= 15 is 0 Å². The summed E-state index contributed by atoms with van der Waals surface area (Å²) >= 11 is 0. The summed E-state index contributed by atoms with van der Waals surface area (Å²) < 4.78 is 5.49. The second kappa shape index (κ2) is 9.08. The first-order chi connectivity index (χ1) is 12.8. The highest BCUT2D eigenvalue weighted by molar-refractivity contribution is 5.80. The van der Waals surface area contributed by atoms with Crippen LogP contribution in [0.4, 0.5) is 5.69 Å². The molecule has 26 heavy (non-hydrogen) atoms. The Morgan fingerprint density at radius 2 is 2.12 bits per heavy atom. The Labute approximate surface area is 155 Å². The Bertz CT molecular complexity index is 719. The minimum atomic E-state index is 0.362. The zero-order valence-electron chi connectivity index (χ0n) is 15.5. The van der Waals surface area contributed by atoms with E-state index in [2.05, 4.69) is 37.6 Å². The topological polar surface area (TPSA) is 61.8 Å². The van der Waals surface area contributed by atoms with Crippen molar-refractivity contribution in [3.8, 4) is 5.75 Å². The third kappa shape index (κ3) is 4.65. The van der Waals surface area contributed by atoms with Crippen molar-refractivity contribution in [1.29, 1.82) is 0 Å². The summed E-state index contributed by atoms with van der Waals surface area (Å²) in [6, 6.07) is 14.5. The van der Waals surface area contributed by atoms with Crippen molar-refractivity contribution < 1.29 is 4.74 Å². The molecule has 3 rings (SSSR count). The number of hydrogen-bond acceptors (Lipinski definition) is 4. The lowest BCUT2D eigenvalue weighted by molar-refractivity contribution is 0.415. The van der Waals surface area contributed by atoms with Crippen molar-refractivity contribution in [2.24, 2.45) is 4.99 Å². The smallest absolute Gasteiger partial charge is 0.191 e. The Morgan fingerprint density at radius 3 is 2.88 bits per heavy atom. The predicted molar refractivity (Wildman–Crippen MR) is 106 cm³/mol. The molecular weight excluding hydrogens is 326 g/mol. The molecule has 0 aliphatic carbocycles. The number of nitrogens with one attached hydrogen (secondary N) is 2. The second-order valence-corrected chi connectivity index (χ2v) is 6.32. The van der Waals surface area contributed by atoms with Crippen molar-refractivity contribution >= 4 is 11.6 Å². The van der Waals surface area contributed by atoms with Crippen LogP contribution in [0.1, 0.15) is 12.1 Å². The van der Waals surface area contributed by atoms with Crippen LogP contribution in [-0.4, -0.2) is 50.8 Å². The van der Waals surface area contributed by atoms with Gasteiger partial charge in [-0.15, -0.1) is 0 Å². The van der Waals surface area contributed by atoms with Gasteiger partial charge in [-0.25, -0.2) is 0 Å². The van der Waals surface area contributed by atoms with E-state index in [0.29, 0.717) is 6.04 Å². The number of benzene rings is 1. The van der Waals surface area contributed by atoms with Gasteiger partial charge in [0.25, 0.3) is 0 Å². The maximum atomic E-state index is 5.49. The number of aromatic nitrogens is 1. The van der Waals surface area contributed by atoms with Gasteiger partial charge in [0.05, 0.1) is 12.8 Å². The molecule has 0 radical (unpaired) electrons. The SMILES string of the molecule is CN=C(NCCc1ccccn1)NC1CCN(c2ccccc2OC)C1. The number of guanidine groups is 1. The highest BCUT2D eigenvalue weighted by atomic mass is 16.5. The average molecular weight is 353 g/mol. The Morgan fingerprint density at radius 1 is 1.27 bits per heavy atom. The van der Waals surface area contributed by atoms with Gasteiger partial charge in [0.15, 0.2) is 5.96 Å². The maximum absolute atomic E-state index is 5.49. The fourth-order valence-corrected chi connectivity index (χ4v) is 3.23. The van der Waals surface area contributed by atoms with Gasteiger partial charge < -0.3 is 20.3 Å². The molecular formula is C20H27N5O. The van der Waals surface area contributed by atoms with E-state index in [-0.39, 0.29) is 0 Å². The molecule has 0 amide bonds. The molecule has 1 atom stereocenters. The first-order valence-electron chi connectivity index (χ1n) is 9.05. The number of nitrogens with zero attached hydrogens (tertiary/aromatic N) is 3. The average Bonchev–Trinajstić information content (AvgIpc) is 3.16. The van der Waals surface area contributed by atoms with Crippen LogP contribution in [0.2, 0.25) is 0 Å². The van der Waals surface area contributed by atoms with Gasteiger partial charge in [-0.05, 0) is 30.7 Å². The van der Waals surface area contributed by atoms with Crippen LogP contribution in [0, 0.1) is 0 Å². The van der Waals surface area contributed by atoms with E-state index < -0.39 is 0 Å². The maximum Gasteiger partial charge on any atom is 0.191 e. The normalized spacial score (nSPS) is 17.2. The standard InChI is InChI=1S/C20H27N5O/c1-21-20(23-13-10-16-7-5-6-12-22-16)24-17-11-14-25(15-17)18-8-3-4-9-19(18)26-2/h3-9,12,17H,10-11,13-15H2,1-2H3,(H2,21,23,24). The van der Waals surface area contributed by atoms with Gasteiger partial charge in [-0.1, -0.05) is 18.2 Å². The summed E-state index contributed by atoms with van der Waals surface area (Å²) in [5.41, 5.74) is 2.23. The first kappa shape index (κ1) is 18.0. The number of rotatable bonds is 6. The summed E-state index contributed by atoms with van der Waals surface area (Å²) in [4.78, 5) is 11.0. The minimum Gasteiger partial charge on any atom is -0.495 e. The van der Waals surface area contributed by atoms with Gasteiger partial charge in [0.1, 0.15) is 5.75 Å². The number of methoxy groups -OCH3 is 1. The van der Waals surface area contributed by atoms with E-state index in [0.717, 1.165) is 55.6 Å². The van der Waals surface area contributed by atoms with Gasteiger partial charge in [-0.2, -0.15) is 0 Å². The second-order valence-electron chi connectivity index (χ2n) is 6.32. The van der Waals surface area contributed by atoms with Crippen LogP contribution in [0.25, 0.3) is 0 Å². The molecule has 1 unspecified atom stereocenters. The van der Waals surface area contributed by atoms with Gasteiger partial charge >= 0.3 is 0 Å². The fraction of sp³-hybridized carbons (Fsp3) is 0.400. The molecule has 1 aliphatic heterocycles. The van der Waals surface area contributed by atoms with E-state index in [9.17, 15) is 0 Å². The monoisotopic (exact) mass is 353 g/mol. The molecule has 1 aliphatic rings. The van der Waals surface area contributed by atoms with Gasteiger partial charge in [0, 0.05) is 51.0 Å². The lowest BCUT2D eigenvalue weighted by atomic mass is 10.2. The first-order valence-corrected chi connectivity index (χ1v) is 9.05. The third-order valence-corrected chi connectivity index (χ3v) is 4.58. The molecule has 1 saturated heterocycles. The Balaban J connectivity index is 1.49. The number of para-hydroxylation sites is 2. The van der Waals surface area contributed by atoms with Crippen molar-refractivity contribution in [3.63, 3.8) is 0 Å². The molecule has 0 spiro atoms. The summed E-state index contributed by atoms with van der Waals surface area (Å²) in [7, 11) is 3.53. The van der Waals surface area contributed by atoms with E-state index in [1.54, 1.807) is 7.11 Å². The Kier molecular flexibility index (Phi) is 6.30. The number of pyridine rings is 1. The van der Waals surface area contributed by atoms with Crippen molar-refractivity contribution in [2.45, 2.75) is 18.9 Å². The van der Waals surface area contributed by atoms with E-state index in [4.69, 9.17) is 4.74 Å². The molecule has 0 saturated carbocycles. The summed E-state index contributed by atoms with van der Waals surface area (Å²) in [6.07, 6.45) is 3.77. The molecule has 138 valence electrons. The van der Waals surface area contributed by atoms with Crippen molar-refractivity contribution in [1.82, 2.24) is 15.6 Å². The third-order valence-electron chi connectivity index (χ3n) is 4.58. The molecule has 6 nitrogen and oxygen atoms in total. The molecule has 2 N–H and O–H groups in total. The molecule has 2 heterocycles. The molecule has 1 aromatic heterocycles. The summed E-state index contributed by atoms with van der Waals surface area (Å²) in [5, 5.41) is 6.90. The number of aliphatic imine (C=N–C) groups is 1. The molecule has 2 aromatic rings. The lowest BCUT2D eigenvalue weighted by Crippen LogP contribution is -2.45. The Hall–Kier alpha value is -2.76. The van der Waals surface area contributed by atoms with E-state index in [1.165, 1.54) is 0 Å². The summed E-state index contributed by atoms with van der Waals surface area (Å²) in [6.45, 7) is 2.74. The zero-order chi connectivity index (χ0) is 18.2. The van der Waals surface area contributed by atoms with Crippen LogP contribution < -0.4 is 20.3 Å². The fourth-order valence-electron chi connectivity index (χ4n) is 3.23. The predicted octanol–water partition coefficient (Wildman–Crippen LogP) is 2.08. The van der Waals surface area contributed by atoms with Crippen molar-refractivity contribution in [3.05, 3.63) is 54.4 Å². The number of anilines is 1. The molecule has 1 aromatic carbocycles. The van der Waals surface area contributed by atoms with Gasteiger partial charge in [-0.3, -0.25) is 9.98 Å². The quantitative estimate of drug-likeness (QED) is 0.615. The summed E-state index contributed by atoms with van der Waals surface area (Å²) in [5.74, 6) is 1.76. The lowest BCUT2D eigenvalue weighted by Gasteiger charge is -2.22. The molecule has 1 fully saturated rings. The highest BCUT2D eigenvalue weighted by Crippen LogP contribution is 2.30. The zero-order valence-corrected chi connectivity index (χ0v) is 15.5. The van der Waals surface area contributed by atoms with Crippen LogP contribution in [-0.2, 0) is 6.42 Å². The van der Waals surface area contributed by atoms with Crippen LogP contribution in [0.15, 0.2) is 53.7 Å². The van der Waals surface area contributed by atoms with Crippen molar-refractivity contribution in [2.75, 3.05) is 38.7 Å². The largest absolute Gasteiger partial charge is 0.495 e. The molecule has 6 heteroatoms. The van der Waals surface area contributed by atoms with Crippen LogP contribution in [0.5, 0.6) is 5.75 Å². The number of ether oxygens (including phenoxy) is 1. The molecule has 0 bridgehead atoms. The van der Waals surface area contributed by atoms with E-state index in [1.807, 2.05) is 43.6 Å². The highest BCUT2D eigenvalue weighted by Gasteiger charge is 2.25. The number of hydrogen-bond donors (Lipinski definition) is 2. The van der Waals surface area contributed by atoms with Gasteiger partial charge in [0.2, 0.25) is 0 Å². The minimum absolute atomic E-state index is 0.362. The van der Waals surface area contributed by atoms with Crippen LogP contribution >= 0.6 is 0 Å².